The van der Waals surface area contributed by atoms with Crippen LogP contribution < -0.4 is 15.2 Å². The molecule has 0 saturated carbocycles. The van der Waals surface area contributed by atoms with Crippen LogP contribution in [0.15, 0.2) is 24.3 Å². The Labute approximate surface area is 113 Å². The first kappa shape index (κ1) is 15.3. The fraction of sp³-hybridized carbons (Fsp3) is 0.500. The first-order valence-corrected chi connectivity index (χ1v) is 6.14. The van der Waals surface area contributed by atoms with Crippen LogP contribution in [0.25, 0.3) is 0 Å². The third kappa shape index (κ3) is 4.79. The number of carbonyl (C=O) groups excluding carboxylic acids is 1. The van der Waals surface area contributed by atoms with Crippen molar-refractivity contribution in [3.63, 3.8) is 0 Å². The molecular weight excluding hydrogens is 246 g/mol. The maximum absolute atomic E-state index is 11.4. The second kappa shape index (κ2) is 6.99. The molecule has 1 unspecified atom stereocenters. The standard InChI is InChI=1S/C14H21NO4/c1-14(15,13(16)18-3)9-4-10-19-12-7-5-11(17-2)6-8-12/h5-8H,4,9-10,15H2,1-3H3. The molecule has 106 valence electrons. The van der Waals surface area contributed by atoms with Crippen molar-refractivity contribution < 1.29 is 19.0 Å². The summed E-state index contributed by atoms with van der Waals surface area (Å²) in [5.41, 5.74) is 4.88. The van der Waals surface area contributed by atoms with E-state index in [1.54, 1.807) is 14.0 Å². The predicted molar refractivity (Wildman–Crippen MR) is 72.3 cm³/mol. The van der Waals surface area contributed by atoms with E-state index in [9.17, 15) is 4.79 Å². The van der Waals surface area contributed by atoms with Crippen molar-refractivity contribution in [3.05, 3.63) is 24.3 Å². The maximum atomic E-state index is 11.4. The summed E-state index contributed by atoms with van der Waals surface area (Å²) in [5.74, 6) is 1.14. The molecule has 19 heavy (non-hydrogen) atoms. The zero-order chi connectivity index (χ0) is 14.3. The van der Waals surface area contributed by atoms with Gasteiger partial charge in [-0.2, -0.15) is 0 Å². The molecule has 0 aliphatic rings. The summed E-state index contributed by atoms with van der Waals surface area (Å²) in [6.07, 6.45) is 1.18. The van der Waals surface area contributed by atoms with Gasteiger partial charge in [0.2, 0.25) is 0 Å². The Kier molecular flexibility index (Phi) is 5.63. The molecule has 5 heteroatoms. The van der Waals surface area contributed by atoms with Gasteiger partial charge in [0, 0.05) is 0 Å². The average molecular weight is 267 g/mol. The monoisotopic (exact) mass is 267 g/mol. The van der Waals surface area contributed by atoms with Crippen molar-refractivity contribution in [2.75, 3.05) is 20.8 Å². The number of hydrogen-bond acceptors (Lipinski definition) is 5. The van der Waals surface area contributed by atoms with Crippen LogP contribution in [0, 0.1) is 0 Å². The average Bonchev–Trinajstić information content (AvgIpc) is 2.43. The third-order valence-corrected chi connectivity index (χ3v) is 2.82. The van der Waals surface area contributed by atoms with Gasteiger partial charge in [0.05, 0.1) is 20.8 Å². The van der Waals surface area contributed by atoms with E-state index < -0.39 is 11.5 Å². The quantitative estimate of drug-likeness (QED) is 0.602. The number of methoxy groups -OCH3 is 2. The molecule has 0 fully saturated rings. The van der Waals surface area contributed by atoms with Crippen LogP contribution in [0.5, 0.6) is 11.5 Å². The normalized spacial score (nSPS) is 13.5. The summed E-state index contributed by atoms with van der Waals surface area (Å²) in [6, 6.07) is 7.33. The van der Waals surface area contributed by atoms with E-state index in [0.717, 1.165) is 11.5 Å². The van der Waals surface area contributed by atoms with Crippen molar-refractivity contribution in [1.29, 1.82) is 0 Å². The molecule has 1 atom stereocenters. The first-order valence-electron chi connectivity index (χ1n) is 6.14. The summed E-state index contributed by atoms with van der Waals surface area (Å²) in [6.45, 7) is 2.16. The molecule has 1 aromatic carbocycles. The predicted octanol–water partition coefficient (Wildman–Crippen LogP) is 1.74. The van der Waals surface area contributed by atoms with Crippen molar-refractivity contribution in [2.45, 2.75) is 25.3 Å². The van der Waals surface area contributed by atoms with E-state index in [2.05, 4.69) is 4.74 Å². The van der Waals surface area contributed by atoms with Gasteiger partial charge in [0.1, 0.15) is 17.0 Å². The molecule has 0 saturated heterocycles. The molecule has 5 nitrogen and oxygen atoms in total. The summed E-state index contributed by atoms with van der Waals surface area (Å²) in [4.78, 5) is 11.4. The Bertz CT molecular complexity index is 400. The second-order valence-electron chi connectivity index (χ2n) is 4.54. The number of ether oxygens (including phenoxy) is 3. The van der Waals surface area contributed by atoms with Crippen LogP contribution >= 0.6 is 0 Å². The Morgan fingerprint density at radius 1 is 1.21 bits per heavy atom. The second-order valence-corrected chi connectivity index (χ2v) is 4.54. The van der Waals surface area contributed by atoms with Crippen LogP contribution in [0.2, 0.25) is 0 Å². The Balaban J connectivity index is 2.32. The van der Waals surface area contributed by atoms with Gasteiger partial charge in [-0.1, -0.05) is 0 Å². The number of hydrogen-bond donors (Lipinski definition) is 1. The summed E-state index contributed by atoms with van der Waals surface area (Å²) >= 11 is 0. The van der Waals surface area contributed by atoms with Gasteiger partial charge in [-0.15, -0.1) is 0 Å². The minimum atomic E-state index is -0.960. The lowest BCUT2D eigenvalue weighted by molar-refractivity contribution is -0.146. The van der Waals surface area contributed by atoms with E-state index in [0.29, 0.717) is 19.4 Å². The van der Waals surface area contributed by atoms with E-state index in [-0.39, 0.29) is 0 Å². The number of carbonyl (C=O) groups is 1. The van der Waals surface area contributed by atoms with Crippen LogP contribution in [0.4, 0.5) is 0 Å². The SMILES string of the molecule is COC(=O)C(C)(N)CCCOc1ccc(OC)cc1. The zero-order valence-electron chi connectivity index (χ0n) is 11.6. The third-order valence-electron chi connectivity index (χ3n) is 2.82. The van der Waals surface area contributed by atoms with Gasteiger partial charge in [0.25, 0.3) is 0 Å². The van der Waals surface area contributed by atoms with Crippen LogP contribution in [0.1, 0.15) is 19.8 Å². The smallest absolute Gasteiger partial charge is 0.325 e. The van der Waals surface area contributed by atoms with Gasteiger partial charge in [0.15, 0.2) is 0 Å². The first-order chi connectivity index (χ1) is 8.99. The molecule has 0 radical (unpaired) electrons. The van der Waals surface area contributed by atoms with E-state index in [1.807, 2.05) is 24.3 Å². The molecule has 0 heterocycles. The summed E-state index contributed by atoms with van der Waals surface area (Å²) in [5, 5.41) is 0. The zero-order valence-corrected chi connectivity index (χ0v) is 11.6. The van der Waals surface area contributed by atoms with Crippen LogP contribution in [-0.4, -0.2) is 32.3 Å². The highest BCUT2D eigenvalue weighted by Crippen LogP contribution is 2.18. The van der Waals surface area contributed by atoms with E-state index in [4.69, 9.17) is 15.2 Å². The largest absolute Gasteiger partial charge is 0.497 e. The minimum Gasteiger partial charge on any atom is -0.497 e. The number of nitrogens with two attached hydrogens (primary N) is 1. The highest BCUT2D eigenvalue weighted by molar-refractivity contribution is 5.79. The Morgan fingerprint density at radius 3 is 2.32 bits per heavy atom. The molecule has 1 aromatic rings. The molecule has 1 rings (SSSR count). The topological polar surface area (TPSA) is 70.8 Å². The summed E-state index contributed by atoms with van der Waals surface area (Å²) < 4.78 is 15.2. The highest BCUT2D eigenvalue weighted by Gasteiger charge is 2.28. The molecule has 2 N–H and O–H groups in total. The number of esters is 1. The Hall–Kier alpha value is -1.75. The maximum Gasteiger partial charge on any atom is 0.325 e. The lowest BCUT2D eigenvalue weighted by Crippen LogP contribution is -2.45. The molecule has 0 aliphatic carbocycles. The molecule has 0 spiro atoms. The fourth-order valence-corrected chi connectivity index (χ4v) is 1.64. The lowest BCUT2D eigenvalue weighted by atomic mass is 9.98. The minimum absolute atomic E-state index is 0.406. The van der Waals surface area contributed by atoms with E-state index in [1.165, 1.54) is 7.11 Å². The summed E-state index contributed by atoms with van der Waals surface area (Å²) in [7, 11) is 2.95. The van der Waals surface area contributed by atoms with Crippen LogP contribution in [-0.2, 0) is 9.53 Å². The molecule has 0 aromatic heterocycles. The fourth-order valence-electron chi connectivity index (χ4n) is 1.64. The van der Waals surface area contributed by atoms with Crippen molar-refractivity contribution >= 4 is 5.97 Å². The van der Waals surface area contributed by atoms with Crippen molar-refractivity contribution in [2.24, 2.45) is 5.73 Å². The highest BCUT2D eigenvalue weighted by atomic mass is 16.5. The number of rotatable bonds is 7. The van der Waals surface area contributed by atoms with Gasteiger partial charge in [-0.25, -0.2) is 0 Å². The van der Waals surface area contributed by atoms with Gasteiger partial charge < -0.3 is 19.9 Å². The number of benzene rings is 1. The van der Waals surface area contributed by atoms with Gasteiger partial charge >= 0.3 is 5.97 Å². The van der Waals surface area contributed by atoms with Crippen LogP contribution in [0.3, 0.4) is 0 Å². The molecule has 0 aliphatic heterocycles. The van der Waals surface area contributed by atoms with Gasteiger partial charge in [-0.3, -0.25) is 4.79 Å². The molecule has 0 bridgehead atoms. The lowest BCUT2D eigenvalue weighted by Gasteiger charge is -2.21. The van der Waals surface area contributed by atoms with Crippen molar-refractivity contribution in [3.8, 4) is 11.5 Å². The molecule has 0 amide bonds. The Morgan fingerprint density at radius 2 is 1.79 bits per heavy atom. The van der Waals surface area contributed by atoms with Crippen molar-refractivity contribution in [1.82, 2.24) is 0 Å². The van der Waals surface area contributed by atoms with E-state index >= 15 is 0 Å². The van der Waals surface area contributed by atoms with Gasteiger partial charge in [-0.05, 0) is 44.0 Å². The molecular formula is C14H21NO4.